The Balaban J connectivity index is 1.44. The standard InChI is InChI=1S/C25H35N5S2/c1-21(2)10-12-27-14-16-28(17-15-27)20-30-25(31)29(13-11-22-7-4-3-5-8-22)24(26-30)19-23-9-6-18-32-23/h3-9,18,21H,10-17,19-20H2,1-2H3. The van der Waals surface area contributed by atoms with Gasteiger partial charge in [0.05, 0.1) is 6.67 Å². The van der Waals surface area contributed by atoms with Gasteiger partial charge in [-0.25, -0.2) is 4.68 Å². The molecule has 0 N–H and O–H groups in total. The molecule has 2 aromatic heterocycles. The second-order valence-corrected chi connectivity index (χ2v) is 10.5. The molecule has 1 aliphatic heterocycles. The number of rotatable bonds is 10. The van der Waals surface area contributed by atoms with Crippen molar-refractivity contribution in [1.29, 1.82) is 0 Å². The monoisotopic (exact) mass is 469 g/mol. The van der Waals surface area contributed by atoms with E-state index in [0.29, 0.717) is 0 Å². The number of nitrogens with zero attached hydrogens (tertiary/aromatic N) is 5. The van der Waals surface area contributed by atoms with Crippen LogP contribution in [-0.4, -0.2) is 56.9 Å². The van der Waals surface area contributed by atoms with Crippen LogP contribution in [0.1, 0.15) is 36.5 Å². The first-order valence-electron chi connectivity index (χ1n) is 11.8. The maximum absolute atomic E-state index is 5.92. The van der Waals surface area contributed by atoms with Crippen LogP contribution < -0.4 is 0 Å². The number of thiophene rings is 1. The highest BCUT2D eigenvalue weighted by Crippen LogP contribution is 2.16. The fourth-order valence-corrected chi connectivity index (χ4v) is 5.17. The van der Waals surface area contributed by atoms with Crippen LogP contribution in [0.2, 0.25) is 0 Å². The summed E-state index contributed by atoms with van der Waals surface area (Å²) in [5.74, 6) is 1.84. The lowest BCUT2D eigenvalue weighted by Crippen LogP contribution is -2.47. The SMILES string of the molecule is CC(C)CCN1CCN(Cn2nc(Cc3cccs3)n(CCc3ccccc3)c2=S)CC1. The summed E-state index contributed by atoms with van der Waals surface area (Å²) in [6.07, 6.45) is 3.09. The van der Waals surface area contributed by atoms with E-state index >= 15 is 0 Å². The molecule has 172 valence electrons. The number of piperazine rings is 1. The quantitative estimate of drug-likeness (QED) is 0.394. The van der Waals surface area contributed by atoms with Crippen LogP contribution >= 0.6 is 23.6 Å². The lowest BCUT2D eigenvalue weighted by molar-refractivity contribution is 0.0992. The van der Waals surface area contributed by atoms with Gasteiger partial charge in [0.25, 0.3) is 0 Å². The summed E-state index contributed by atoms with van der Waals surface area (Å²) in [6, 6.07) is 14.9. The van der Waals surface area contributed by atoms with E-state index in [0.717, 1.165) is 68.7 Å². The minimum Gasteiger partial charge on any atom is -0.303 e. The van der Waals surface area contributed by atoms with Gasteiger partial charge >= 0.3 is 0 Å². The Kier molecular flexibility index (Phi) is 8.30. The zero-order valence-electron chi connectivity index (χ0n) is 19.3. The molecule has 0 spiro atoms. The van der Waals surface area contributed by atoms with Crippen LogP contribution in [0.4, 0.5) is 0 Å². The molecule has 7 heteroatoms. The number of hydrogen-bond donors (Lipinski definition) is 0. The molecule has 3 heterocycles. The van der Waals surface area contributed by atoms with Gasteiger partial charge in [-0.3, -0.25) is 4.90 Å². The predicted molar refractivity (Wildman–Crippen MR) is 136 cm³/mol. The molecule has 1 fully saturated rings. The highest BCUT2D eigenvalue weighted by atomic mass is 32.1. The molecule has 32 heavy (non-hydrogen) atoms. The summed E-state index contributed by atoms with van der Waals surface area (Å²) >= 11 is 7.70. The van der Waals surface area contributed by atoms with Crippen molar-refractivity contribution in [1.82, 2.24) is 24.1 Å². The molecule has 0 amide bonds. The van der Waals surface area contributed by atoms with Crippen LogP contribution in [0, 0.1) is 10.7 Å². The first kappa shape index (κ1) is 23.4. The van der Waals surface area contributed by atoms with Crippen molar-refractivity contribution in [2.24, 2.45) is 5.92 Å². The van der Waals surface area contributed by atoms with Crippen molar-refractivity contribution in [2.45, 2.75) is 46.3 Å². The fraction of sp³-hybridized carbons (Fsp3) is 0.520. The van der Waals surface area contributed by atoms with Crippen molar-refractivity contribution in [2.75, 3.05) is 32.7 Å². The van der Waals surface area contributed by atoms with Gasteiger partial charge in [0.1, 0.15) is 5.82 Å². The first-order valence-corrected chi connectivity index (χ1v) is 13.0. The third-order valence-corrected chi connectivity index (χ3v) is 7.51. The minimum absolute atomic E-state index is 0.771. The van der Waals surface area contributed by atoms with E-state index in [1.54, 1.807) is 11.3 Å². The third kappa shape index (κ3) is 6.38. The van der Waals surface area contributed by atoms with Gasteiger partial charge in [0, 0.05) is 44.0 Å². The highest BCUT2D eigenvalue weighted by molar-refractivity contribution is 7.71. The summed E-state index contributed by atoms with van der Waals surface area (Å²) in [5.41, 5.74) is 1.33. The number of hydrogen-bond acceptors (Lipinski definition) is 5. The van der Waals surface area contributed by atoms with Gasteiger partial charge < -0.3 is 9.47 Å². The van der Waals surface area contributed by atoms with Gasteiger partial charge in [-0.1, -0.05) is 50.2 Å². The number of aryl methyl sites for hydroxylation is 1. The molecule has 3 aromatic rings. The average Bonchev–Trinajstić information content (AvgIpc) is 3.41. The molecular weight excluding hydrogens is 434 g/mol. The van der Waals surface area contributed by atoms with E-state index < -0.39 is 0 Å². The Morgan fingerprint density at radius 1 is 0.969 bits per heavy atom. The Labute approximate surface area is 201 Å². The second kappa shape index (κ2) is 11.4. The maximum Gasteiger partial charge on any atom is 0.199 e. The Morgan fingerprint density at radius 2 is 1.72 bits per heavy atom. The lowest BCUT2D eigenvalue weighted by Gasteiger charge is -2.34. The molecule has 1 aliphatic rings. The molecule has 1 aromatic carbocycles. The lowest BCUT2D eigenvalue weighted by atomic mass is 10.1. The summed E-state index contributed by atoms with van der Waals surface area (Å²) in [5, 5.41) is 7.13. The van der Waals surface area contributed by atoms with Crippen molar-refractivity contribution in [3.8, 4) is 0 Å². The minimum atomic E-state index is 0.771. The number of aromatic nitrogens is 3. The van der Waals surface area contributed by atoms with Crippen LogP contribution in [0.25, 0.3) is 0 Å². The molecule has 0 radical (unpaired) electrons. The normalized spacial score (nSPS) is 15.6. The average molecular weight is 470 g/mol. The number of benzene rings is 1. The molecular formula is C25H35N5S2. The van der Waals surface area contributed by atoms with Gasteiger partial charge in [-0.05, 0) is 54.5 Å². The van der Waals surface area contributed by atoms with Gasteiger partial charge in [-0.15, -0.1) is 11.3 Å². The first-order chi connectivity index (χ1) is 15.6. The fourth-order valence-electron chi connectivity index (χ4n) is 4.17. The Bertz CT molecular complexity index is 999. The van der Waals surface area contributed by atoms with E-state index in [1.807, 2.05) is 4.68 Å². The third-order valence-electron chi connectivity index (χ3n) is 6.20. The van der Waals surface area contributed by atoms with E-state index in [1.165, 1.54) is 23.4 Å². The van der Waals surface area contributed by atoms with Gasteiger partial charge in [0.2, 0.25) is 0 Å². The maximum atomic E-state index is 5.92. The summed E-state index contributed by atoms with van der Waals surface area (Å²) < 4.78 is 5.14. The predicted octanol–water partition coefficient (Wildman–Crippen LogP) is 4.93. The van der Waals surface area contributed by atoms with Crippen molar-refractivity contribution < 1.29 is 0 Å². The molecule has 0 aliphatic carbocycles. The van der Waals surface area contributed by atoms with Crippen molar-refractivity contribution in [3.63, 3.8) is 0 Å². The molecule has 0 unspecified atom stereocenters. The van der Waals surface area contributed by atoms with E-state index in [4.69, 9.17) is 17.3 Å². The van der Waals surface area contributed by atoms with E-state index in [2.05, 4.69) is 76.1 Å². The van der Waals surface area contributed by atoms with Crippen LogP contribution in [0.15, 0.2) is 47.8 Å². The molecule has 0 atom stereocenters. The van der Waals surface area contributed by atoms with Crippen molar-refractivity contribution >= 4 is 23.6 Å². The smallest absolute Gasteiger partial charge is 0.199 e. The second-order valence-electron chi connectivity index (χ2n) is 9.13. The Morgan fingerprint density at radius 3 is 2.41 bits per heavy atom. The zero-order valence-corrected chi connectivity index (χ0v) is 21.0. The Hall–Kier alpha value is -1.80. The van der Waals surface area contributed by atoms with Gasteiger partial charge in [0.15, 0.2) is 4.77 Å². The zero-order chi connectivity index (χ0) is 22.3. The molecule has 0 saturated carbocycles. The van der Waals surface area contributed by atoms with Crippen LogP contribution in [-0.2, 0) is 26.1 Å². The highest BCUT2D eigenvalue weighted by Gasteiger charge is 2.19. The summed E-state index contributed by atoms with van der Waals surface area (Å²) in [4.78, 5) is 6.42. The molecule has 4 rings (SSSR count). The molecule has 1 saturated heterocycles. The topological polar surface area (TPSA) is 29.2 Å². The van der Waals surface area contributed by atoms with Crippen LogP contribution in [0.5, 0.6) is 0 Å². The molecule has 0 bridgehead atoms. The van der Waals surface area contributed by atoms with Crippen LogP contribution in [0.3, 0.4) is 0 Å². The summed E-state index contributed by atoms with van der Waals surface area (Å²) in [6.45, 7) is 11.9. The largest absolute Gasteiger partial charge is 0.303 e. The van der Waals surface area contributed by atoms with E-state index in [-0.39, 0.29) is 0 Å². The summed E-state index contributed by atoms with van der Waals surface area (Å²) in [7, 11) is 0. The van der Waals surface area contributed by atoms with Gasteiger partial charge in [-0.2, -0.15) is 5.10 Å². The van der Waals surface area contributed by atoms with E-state index in [9.17, 15) is 0 Å². The van der Waals surface area contributed by atoms with Crippen molar-refractivity contribution in [3.05, 3.63) is 68.9 Å². The molecule has 5 nitrogen and oxygen atoms in total.